The van der Waals surface area contributed by atoms with Crippen molar-refractivity contribution < 1.29 is 9.53 Å². The molecule has 0 spiro atoms. The van der Waals surface area contributed by atoms with Crippen LogP contribution in [0.4, 0.5) is 10.5 Å². The fourth-order valence-electron chi connectivity index (χ4n) is 2.39. The molecule has 1 amide bonds. The number of aromatic nitrogens is 2. The molecule has 0 radical (unpaired) electrons. The minimum atomic E-state index is -0.486. The van der Waals surface area contributed by atoms with E-state index in [9.17, 15) is 9.59 Å². The van der Waals surface area contributed by atoms with Crippen molar-refractivity contribution in [2.75, 3.05) is 11.9 Å². The molecule has 0 saturated heterocycles. The zero-order valence-electron chi connectivity index (χ0n) is 13.2. The third-order valence-corrected chi connectivity index (χ3v) is 3.56. The number of hydrogen-bond acceptors (Lipinski definition) is 4. The van der Waals surface area contributed by atoms with E-state index in [4.69, 9.17) is 4.74 Å². The van der Waals surface area contributed by atoms with Gasteiger partial charge in [0.15, 0.2) is 0 Å². The van der Waals surface area contributed by atoms with Crippen LogP contribution in [0.15, 0.2) is 59.7 Å². The van der Waals surface area contributed by atoms with Crippen LogP contribution < -0.4 is 10.9 Å². The van der Waals surface area contributed by atoms with Crippen molar-refractivity contribution in [2.24, 2.45) is 0 Å². The van der Waals surface area contributed by atoms with E-state index >= 15 is 0 Å². The summed E-state index contributed by atoms with van der Waals surface area (Å²) in [6, 6.07) is 14.5. The van der Waals surface area contributed by atoms with Gasteiger partial charge in [0.25, 0.3) is 5.56 Å². The number of benzene rings is 2. The van der Waals surface area contributed by atoms with Gasteiger partial charge in [0, 0.05) is 5.69 Å². The van der Waals surface area contributed by atoms with Crippen LogP contribution in [0.25, 0.3) is 10.9 Å². The van der Waals surface area contributed by atoms with Crippen LogP contribution in [0.3, 0.4) is 0 Å². The lowest BCUT2D eigenvalue weighted by Gasteiger charge is -2.08. The maximum Gasteiger partial charge on any atom is 0.411 e. The number of anilines is 1. The minimum Gasteiger partial charge on any atom is -0.450 e. The smallest absolute Gasteiger partial charge is 0.411 e. The Morgan fingerprint density at radius 2 is 1.92 bits per heavy atom. The highest BCUT2D eigenvalue weighted by atomic mass is 16.5. The highest BCUT2D eigenvalue weighted by Gasteiger charge is 2.05. The topological polar surface area (TPSA) is 73.2 Å². The molecule has 3 rings (SSSR count). The number of amides is 1. The lowest BCUT2D eigenvalue weighted by Crippen LogP contribution is -2.21. The molecule has 24 heavy (non-hydrogen) atoms. The van der Waals surface area contributed by atoms with Crippen molar-refractivity contribution in [1.29, 1.82) is 0 Å². The third-order valence-electron chi connectivity index (χ3n) is 3.56. The van der Waals surface area contributed by atoms with Gasteiger partial charge in [-0.2, -0.15) is 0 Å². The van der Waals surface area contributed by atoms with Gasteiger partial charge in [0.2, 0.25) is 0 Å². The van der Waals surface area contributed by atoms with Crippen molar-refractivity contribution in [3.05, 3.63) is 70.8 Å². The van der Waals surface area contributed by atoms with E-state index in [2.05, 4.69) is 10.3 Å². The second-order valence-electron chi connectivity index (χ2n) is 5.24. The van der Waals surface area contributed by atoms with Crippen molar-refractivity contribution in [3.8, 4) is 0 Å². The van der Waals surface area contributed by atoms with E-state index in [0.29, 0.717) is 29.7 Å². The summed E-state index contributed by atoms with van der Waals surface area (Å²) >= 11 is 0. The first kappa shape index (κ1) is 15.7. The SMILES string of the molecule is CCOC(=O)Nc1ccc(Cn2cnc3ccccc3c2=O)cc1. The monoisotopic (exact) mass is 323 g/mol. The van der Waals surface area contributed by atoms with Gasteiger partial charge in [-0.05, 0) is 36.8 Å². The molecule has 0 aliphatic carbocycles. The summed E-state index contributed by atoms with van der Waals surface area (Å²) in [7, 11) is 0. The average molecular weight is 323 g/mol. The molecule has 1 N–H and O–H groups in total. The van der Waals surface area contributed by atoms with Crippen LogP contribution in [-0.4, -0.2) is 22.3 Å². The molecule has 3 aromatic rings. The Hall–Kier alpha value is -3.15. The molecule has 0 aliphatic rings. The number of fused-ring (bicyclic) bond motifs is 1. The van der Waals surface area contributed by atoms with Gasteiger partial charge in [-0.1, -0.05) is 24.3 Å². The maximum atomic E-state index is 12.5. The van der Waals surface area contributed by atoms with Gasteiger partial charge < -0.3 is 4.74 Å². The Kier molecular flexibility index (Phi) is 4.56. The van der Waals surface area contributed by atoms with E-state index in [1.54, 1.807) is 36.0 Å². The standard InChI is InChI=1S/C18H17N3O3/c1-2-24-18(23)20-14-9-7-13(8-10-14)11-21-12-19-16-6-4-3-5-15(16)17(21)22/h3-10,12H,2,11H2,1H3,(H,20,23). The number of carbonyl (C=O) groups is 1. The molecule has 0 fully saturated rings. The predicted molar refractivity (Wildman–Crippen MR) is 92.2 cm³/mol. The van der Waals surface area contributed by atoms with E-state index < -0.39 is 6.09 Å². The molecule has 1 heterocycles. The van der Waals surface area contributed by atoms with Crippen LogP contribution in [0.5, 0.6) is 0 Å². The summed E-state index contributed by atoms with van der Waals surface area (Å²) < 4.78 is 6.39. The Bertz CT molecular complexity index is 917. The maximum absolute atomic E-state index is 12.5. The minimum absolute atomic E-state index is 0.0747. The molecule has 122 valence electrons. The highest BCUT2D eigenvalue weighted by Crippen LogP contribution is 2.11. The summed E-state index contributed by atoms with van der Waals surface area (Å²) in [6.45, 7) is 2.48. The average Bonchev–Trinajstić information content (AvgIpc) is 2.59. The van der Waals surface area contributed by atoms with Gasteiger partial charge in [-0.3, -0.25) is 14.7 Å². The summed E-state index contributed by atoms with van der Waals surface area (Å²) in [5, 5.41) is 3.23. The second kappa shape index (κ2) is 6.95. The molecule has 1 aromatic heterocycles. The van der Waals surface area contributed by atoms with Gasteiger partial charge in [-0.15, -0.1) is 0 Å². The largest absolute Gasteiger partial charge is 0.450 e. The normalized spacial score (nSPS) is 10.5. The summed E-state index contributed by atoms with van der Waals surface area (Å²) in [5.74, 6) is 0. The Morgan fingerprint density at radius 3 is 2.67 bits per heavy atom. The number of nitrogens with zero attached hydrogens (tertiary/aromatic N) is 2. The number of ether oxygens (including phenoxy) is 1. The van der Waals surface area contributed by atoms with Crippen LogP contribution in [-0.2, 0) is 11.3 Å². The molecule has 0 aliphatic heterocycles. The second-order valence-corrected chi connectivity index (χ2v) is 5.24. The van der Waals surface area contributed by atoms with Crippen molar-refractivity contribution in [3.63, 3.8) is 0 Å². The number of para-hydroxylation sites is 1. The zero-order chi connectivity index (χ0) is 16.9. The van der Waals surface area contributed by atoms with Crippen molar-refractivity contribution in [1.82, 2.24) is 9.55 Å². The molecule has 2 aromatic carbocycles. The third kappa shape index (κ3) is 3.43. The van der Waals surface area contributed by atoms with Crippen molar-refractivity contribution in [2.45, 2.75) is 13.5 Å². The van der Waals surface area contributed by atoms with E-state index in [-0.39, 0.29) is 5.56 Å². The summed E-state index contributed by atoms with van der Waals surface area (Å²) in [6.07, 6.45) is 1.07. The van der Waals surface area contributed by atoms with E-state index in [1.807, 2.05) is 30.3 Å². The molecule has 0 bridgehead atoms. The molecule has 0 saturated carbocycles. The van der Waals surface area contributed by atoms with Gasteiger partial charge in [0.1, 0.15) is 0 Å². The highest BCUT2D eigenvalue weighted by molar-refractivity contribution is 5.84. The number of nitrogens with one attached hydrogen (secondary N) is 1. The first-order valence-corrected chi connectivity index (χ1v) is 7.64. The van der Waals surface area contributed by atoms with Crippen molar-refractivity contribution >= 4 is 22.7 Å². The van der Waals surface area contributed by atoms with Crippen LogP contribution in [0.1, 0.15) is 12.5 Å². The lowest BCUT2D eigenvalue weighted by molar-refractivity contribution is 0.168. The molecular formula is C18H17N3O3. The van der Waals surface area contributed by atoms with E-state index in [1.165, 1.54) is 0 Å². The van der Waals surface area contributed by atoms with Gasteiger partial charge >= 0.3 is 6.09 Å². The van der Waals surface area contributed by atoms with Gasteiger partial charge in [-0.25, -0.2) is 9.78 Å². The van der Waals surface area contributed by atoms with Gasteiger partial charge in [0.05, 0.1) is 30.4 Å². The first-order valence-electron chi connectivity index (χ1n) is 7.64. The fourth-order valence-corrected chi connectivity index (χ4v) is 2.39. The number of hydrogen-bond donors (Lipinski definition) is 1. The molecular weight excluding hydrogens is 306 g/mol. The molecule has 6 nitrogen and oxygen atoms in total. The quantitative estimate of drug-likeness (QED) is 0.801. The molecule has 6 heteroatoms. The Balaban J connectivity index is 1.78. The summed E-state index contributed by atoms with van der Waals surface area (Å²) in [4.78, 5) is 28.1. The van der Waals surface area contributed by atoms with E-state index in [0.717, 1.165) is 5.56 Å². The Labute approximate surface area is 138 Å². The number of carbonyl (C=O) groups excluding carboxylic acids is 1. The van der Waals surface area contributed by atoms with Crippen LogP contribution in [0, 0.1) is 0 Å². The number of rotatable bonds is 4. The predicted octanol–water partition coefficient (Wildman–Crippen LogP) is 3.01. The fraction of sp³-hybridized carbons (Fsp3) is 0.167. The Morgan fingerprint density at radius 1 is 1.17 bits per heavy atom. The van der Waals surface area contributed by atoms with Crippen LogP contribution >= 0.6 is 0 Å². The molecule has 0 unspecified atom stereocenters. The first-order chi connectivity index (χ1) is 11.7. The summed E-state index contributed by atoms with van der Waals surface area (Å²) in [5.41, 5.74) is 2.19. The van der Waals surface area contributed by atoms with Crippen LogP contribution in [0.2, 0.25) is 0 Å². The zero-order valence-corrected chi connectivity index (χ0v) is 13.2. The lowest BCUT2D eigenvalue weighted by atomic mass is 10.2. The molecule has 0 atom stereocenters.